The Bertz CT molecular complexity index is 684. The molecule has 0 saturated heterocycles. The Morgan fingerprint density at radius 1 is 1.32 bits per heavy atom. The smallest absolute Gasteiger partial charge is 0.266 e. The first-order valence-corrected chi connectivity index (χ1v) is 5.89. The van der Waals surface area contributed by atoms with Gasteiger partial charge in [0.1, 0.15) is 5.82 Å². The summed E-state index contributed by atoms with van der Waals surface area (Å²) in [6, 6.07) is 8.69. The lowest BCUT2D eigenvalue weighted by Crippen LogP contribution is -2.36. The minimum atomic E-state index is -1.78. The number of pyridine rings is 1. The summed E-state index contributed by atoms with van der Waals surface area (Å²) in [6.07, 6.45) is 1.60. The first-order valence-electron chi connectivity index (χ1n) is 5.89. The number of hydrogen-bond donors (Lipinski definition) is 3. The number of aromatic nitrogens is 1. The van der Waals surface area contributed by atoms with Crippen LogP contribution in [-0.4, -0.2) is 16.0 Å². The molecule has 1 atom stereocenters. The summed E-state index contributed by atoms with van der Waals surface area (Å²) in [5, 5.41) is 13.5. The molecule has 1 amide bonds. The zero-order valence-corrected chi connectivity index (χ0v) is 10.3. The van der Waals surface area contributed by atoms with Crippen LogP contribution in [-0.2, 0) is 10.4 Å². The molecule has 1 aliphatic heterocycles. The van der Waals surface area contributed by atoms with Crippen LogP contribution >= 0.6 is 0 Å². The maximum absolute atomic E-state index is 12.2. The maximum atomic E-state index is 12.2. The van der Waals surface area contributed by atoms with E-state index in [-0.39, 0.29) is 5.82 Å². The number of nitrogens with zero attached hydrogens (tertiary/aromatic N) is 1. The third kappa shape index (κ3) is 1.52. The van der Waals surface area contributed by atoms with E-state index in [1.54, 1.807) is 36.5 Å². The fourth-order valence-electron chi connectivity index (χ4n) is 2.38. The van der Waals surface area contributed by atoms with E-state index < -0.39 is 11.5 Å². The summed E-state index contributed by atoms with van der Waals surface area (Å²) in [5.74, 6) is -0.354. The standard InChI is InChI=1S/C14H13N3O2/c1-8-6-10(12(15)16-7-8)14(19)9-4-2-3-5-11(9)17-13(14)18/h2-7,19H,1H3,(H2,15,16)(H,17,18). The van der Waals surface area contributed by atoms with Crippen molar-refractivity contribution in [1.82, 2.24) is 4.98 Å². The molecule has 0 saturated carbocycles. The zero-order chi connectivity index (χ0) is 13.6. The van der Waals surface area contributed by atoms with E-state index in [0.29, 0.717) is 16.8 Å². The number of aliphatic hydroxyl groups is 1. The van der Waals surface area contributed by atoms with Crippen LogP contribution in [0.1, 0.15) is 16.7 Å². The summed E-state index contributed by atoms with van der Waals surface area (Å²) in [5.41, 5.74) is 6.28. The molecule has 96 valence electrons. The number of amides is 1. The SMILES string of the molecule is Cc1cnc(N)c(C2(O)C(=O)Nc3ccccc32)c1. The highest BCUT2D eigenvalue weighted by atomic mass is 16.3. The molecule has 0 fully saturated rings. The van der Waals surface area contributed by atoms with Crippen LogP contribution in [0.15, 0.2) is 36.5 Å². The Balaban J connectivity index is 2.28. The molecule has 0 radical (unpaired) electrons. The third-order valence-corrected chi connectivity index (χ3v) is 3.34. The largest absolute Gasteiger partial charge is 0.383 e. The quantitative estimate of drug-likeness (QED) is 0.713. The van der Waals surface area contributed by atoms with Gasteiger partial charge in [-0.25, -0.2) is 4.98 Å². The molecule has 4 N–H and O–H groups in total. The third-order valence-electron chi connectivity index (χ3n) is 3.34. The van der Waals surface area contributed by atoms with E-state index >= 15 is 0 Å². The molecular weight excluding hydrogens is 242 g/mol. The monoisotopic (exact) mass is 255 g/mol. The van der Waals surface area contributed by atoms with Crippen molar-refractivity contribution in [2.24, 2.45) is 0 Å². The van der Waals surface area contributed by atoms with Crippen LogP contribution in [0.2, 0.25) is 0 Å². The van der Waals surface area contributed by atoms with Crippen LogP contribution < -0.4 is 11.1 Å². The Hall–Kier alpha value is -2.40. The molecule has 2 aromatic rings. The van der Waals surface area contributed by atoms with Gasteiger partial charge < -0.3 is 16.2 Å². The van der Waals surface area contributed by atoms with Crippen molar-refractivity contribution < 1.29 is 9.90 Å². The molecule has 0 aliphatic carbocycles. The first-order chi connectivity index (χ1) is 9.03. The van der Waals surface area contributed by atoms with Crippen molar-refractivity contribution in [3.63, 3.8) is 0 Å². The van der Waals surface area contributed by atoms with Crippen LogP contribution in [0.3, 0.4) is 0 Å². The second-order valence-corrected chi connectivity index (χ2v) is 4.66. The molecule has 1 aromatic heterocycles. The van der Waals surface area contributed by atoms with Crippen molar-refractivity contribution in [1.29, 1.82) is 0 Å². The van der Waals surface area contributed by atoms with Crippen LogP contribution in [0, 0.1) is 6.92 Å². The molecule has 0 spiro atoms. The van der Waals surface area contributed by atoms with Gasteiger partial charge in [-0.05, 0) is 24.6 Å². The number of benzene rings is 1. The van der Waals surface area contributed by atoms with Gasteiger partial charge in [-0.1, -0.05) is 18.2 Å². The van der Waals surface area contributed by atoms with Gasteiger partial charge in [-0.3, -0.25) is 4.79 Å². The maximum Gasteiger partial charge on any atom is 0.266 e. The van der Waals surface area contributed by atoms with E-state index in [1.807, 2.05) is 6.92 Å². The van der Waals surface area contributed by atoms with Gasteiger partial charge in [0, 0.05) is 23.0 Å². The van der Waals surface area contributed by atoms with Crippen molar-refractivity contribution in [2.45, 2.75) is 12.5 Å². The molecule has 1 aliphatic rings. The Kier molecular flexibility index (Phi) is 2.33. The van der Waals surface area contributed by atoms with Gasteiger partial charge >= 0.3 is 0 Å². The Morgan fingerprint density at radius 2 is 2.05 bits per heavy atom. The molecule has 19 heavy (non-hydrogen) atoms. The Morgan fingerprint density at radius 3 is 2.84 bits per heavy atom. The second kappa shape index (κ2) is 3.80. The lowest BCUT2D eigenvalue weighted by atomic mass is 9.87. The minimum Gasteiger partial charge on any atom is -0.383 e. The number of nitrogens with one attached hydrogen (secondary N) is 1. The predicted octanol–water partition coefficient (Wildman–Crippen LogP) is 1.16. The molecule has 1 unspecified atom stereocenters. The molecule has 5 nitrogen and oxygen atoms in total. The number of aryl methyl sites for hydroxylation is 1. The normalized spacial score (nSPS) is 21.1. The van der Waals surface area contributed by atoms with Crippen LogP contribution in [0.25, 0.3) is 0 Å². The minimum absolute atomic E-state index is 0.153. The van der Waals surface area contributed by atoms with Gasteiger partial charge in [-0.2, -0.15) is 0 Å². The number of para-hydroxylation sites is 1. The van der Waals surface area contributed by atoms with E-state index in [0.717, 1.165) is 5.56 Å². The number of nitrogens with two attached hydrogens (primary N) is 1. The number of rotatable bonds is 1. The highest BCUT2D eigenvalue weighted by Crippen LogP contribution is 2.42. The Labute approximate surface area is 110 Å². The highest BCUT2D eigenvalue weighted by Gasteiger charge is 2.48. The first kappa shape index (κ1) is 11.7. The number of hydrogen-bond acceptors (Lipinski definition) is 4. The number of carbonyl (C=O) groups excluding carboxylic acids is 1. The number of carbonyl (C=O) groups is 1. The average Bonchev–Trinajstić information content (AvgIpc) is 2.66. The van der Waals surface area contributed by atoms with E-state index in [4.69, 9.17) is 5.73 Å². The summed E-state index contributed by atoms with van der Waals surface area (Å²) in [4.78, 5) is 16.2. The lowest BCUT2D eigenvalue weighted by molar-refractivity contribution is -0.129. The van der Waals surface area contributed by atoms with Crippen molar-refractivity contribution in [3.05, 3.63) is 53.2 Å². The average molecular weight is 255 g/mol. The number of nitrogen functional groups attached to an aromatic ring is 1. The molecule has 2 heterocycles. The number of anilines is 2. The molecule has 1 aromatic carbocycles. The van der Waals surface area contributed by atoms with Crippen LogP contribution in [0.5, 0.6) is 0 Å². The predicted molar refractivity (Wildman–Crippen MR) is 71.5 cm³/mol. The van der Waals surface area contributed by atoms with Gasteiger partial charge in [0.15, 0.2) is 5.60 Å². The fourth-order valence-corrected chi connectivity index (χ4v) is 2.38. The van der Waals surface area contributed by atoms with E-state index in [1.165, 1.54) is 0 Å². The summed E-state index contributed by atoms with van der Waals surface area (Å²) < 4.78 is 0. The van der Waals surface area contributed by atoms with Gasteiger partial charge in [-0.15, -0.1) is 0 Å². The topological polar surface area (TPSA) is 88.2 Å². The van der Waals surface area contributed by atoms with E-state index in [2.05, 4.69) is 10.3 Å². The highest BCUT2D eigenvalue weighted by molar-refractivity contribution is 6.07. The van der Waals surface area contributed by atoms with Gasteiger partial charge in [0.05, 0.1) is 0 Å². The van der Waals surface area contributed by atoms with E-state index in [9.17, 15) is 9.90 Å². The summed E-state index contributed by atoms with van der Waals surface area (Å²) >= 11 is 0. The fraction of sp³-hybridized carbons (Fsp3) is 0.143. The second-order valence-electron chi connectivity index (χ2n) is 4.66. The van der Waals surface area contributed by atoms with Gasteiger partial charge in [0.2, 0.25) is 0 Å². The molecule has 5 heteroatoms. The van der Waals surface area contributed by atoms with Crippen molar-refractivity contribution in [2.75, 3.05) is 11.1 Å². The molecule has 3 rings (SSSR count). The molecule has 0 bridgehead atoms. The summed E-state index contributed by atoms with van der Waals surface area (Å²) in [7, 11) is 0. The zero-order valence-electron chi connectivity index (χ0n) is 10.3. The summed E-state index contributed by atoms with van der Waals surface area (Å²) in [6.45, 7) is 1.83. The van der Waals surface area contributed by atoms with Gasteiger partial charge in [0.25, 0.3) is 5.91 Å². The molecular formula is C14H13N3O2. The van der Waals surface area contributed by atoms with Crippen molar-refractivity contribution >= 4 is 17.4 Å². The number of fused-ring (bicyclic) bond motifs is 1. The lowest BCUT2D eigenvalue weighted by Gasteiger charge is -2.22. The van der Waals surface area contributed by atoms with Crippen LogP contribution in [0.4, 0.5) is 11.5 Å². The van der Waals surface area contributed by atoms with Crippen molar-refractivity contribution in [3.8, 4) is 0 Å².